The van der Waals surface area contributed by atoms with Crippen LogP contribution in [0.5, 0.6) is 0 Å². The Morgan fingerprint density at radius 2 is 1.66 bits per heavy atom. The van der Waals surface area contributed by atoms with E-state index in [1.807, 2.05) is 0 Å². The molecule has 160 valence electrons. The van der Waals surface area contributed by atoms with Crippen LogP contribution >= 0.6 is 0 Å². The van der Waals surface area contributed by atoms with E-state index in [9.17, 15) is 0 Å². The van der Waals surface area contributed by atoms with Gasteiger partial charge in [-0.25, -0.2) is 0 Å². The minimum atomic E-state index is 0.272. The lowest BCUT2D eigenvalue weighted by atomic mass is 10.0. The van der Waals surface area contributed by atoms with Gasteiger partial charge in [0.05, 0.1) is 6.04 Å². The topological polar surface area (TPSA) is 6.48 Å². The summed E-state index contributed by atoms with van der Waals surface area (Å²) in [5.41, 5.74) is 1.38. The molecule has 2 saturated heterocycles. The monoisotopic (exact) mass is 394 g/mol. The normalized spacial score (nSPS) is 21.6. The lowest BCUT2D eigenvalue weighted by Crippen LogP contribution is -2.43. The number of piperidine rings is 1. The largest absolute Gasteiger partial charge is 0.302 e. The SMILES string of the molecule is CCCCCCCCC#C[C@H](c1ccccc1)N1CCC[C@H]1CN1CCCCC1. The van der Waals surface area contributed by atoms with Gasteiger partial charge in [0, 0.05) is 25.6 Å². The van der Waals surface area contributed by atoms with Gasteiger partial charge < -0.3 is 4.90 Å². The summed E-state index contributed by atoms with van der Waals surface area (Å²) in [5.74, 6) is 7.28. The molecule has 0 amide bonds. The van der Waals surface area contributed by atoms with E-state index in [1.165, 1.54) is 102 Å². The maximum absolute atomic E-state index is 3.70. The van der Waals surface area contributed by atoms with Crippen LogP contribution in [0.25, 0.3) is 0 Å². The van der Waals surface area contributed by atoms with Crippen molar-refractivity contribution in [3.8, 4) is 11.8 Å². The zero-order chi connectivity index (χ0) is 20.2. The second kappa shape index (κ2) is 13.1. The highest BCUT2D eigenvalue weighted by molar-refractivity contribution is 5.28. The molecule has 1 aromatic rings. The van der Waals surface area contributed by atoms with Gasteiger partial charge in [-0.1, -0.05) is 81.7 Å². The summed E-state index contributed by atoms with van der Waals surface area (Å²) in [6.45, 7) is 7.31. The summed E-state index contributed by atoms with van der Waals surface area (Å²) in [6, 6.07) is 12.0. The van der Waals surface area contributed by atoms with Crippen molar-refractivity contribution in [3.05, 3.63) is 35.9 Å². The Morgan fingerprint density at radius 1 is 0.897 bits per heavy atom. The van der Waals surface area contributed by atoms with Gasteiger partial charge in [0.25, 0.3) is 0 Å². The minimum Gasteiger partial charge on any atom is -0.302 e. The molecule has 2 heteroatoms. The molecule has 0 N–H and O–H groups in total. The van der Waals surface area contributed by atoms with Gasteiger partial charge in [0.2, 0.25) is 0 Å². The third kappa shape index (κ3) is 7.47. The van der Waals surface area contributed by atoms with Crippen molar-refractivity contribution in [3.63, 3.8) is 0 Å². The van der Waals surface area contributed by atoms with Crippen LogP contribution in [0.2, 0.25) is 0 Å². The lowest BCUT2D eigenvalue weighted by Gasteiger charge is -2.35. The Morgan fingerprint density at radius 3 is 2.45 bits per heavy atom. The first kappa shape index (κ1) is 22.4. The zero-order valence-corrected chi connectivity index (χ0v) is 18.7. The molecule has 2 heterocycles. The van der Waals surface area contributed by atoms with E-state index in [4.69, 9.17) is 0 Å². The highest BCUT2D eigenvalue weighted by atomic mass is 15.3. The fourth-order valence-corrected chi connectivity index (χ4v) is 4.99. The maximum Gasteiger partial charge on any atom is 0.0973 e. The molecule has 0 unspecified atom stereocenters. The average molecular weight is 395 g/mol. The van der Waals surface area contributed by atoms with Gasteiger partial charge in [0.15, 0.2) is 0 Å². The van der Waals surface area contributed by atoms with Gasteiger partial charge in [-0.05, 0) is 50.8 Å². The number of unbranched alkanes of at least 4 members (excludes halogenated alkanes) is 6. The molecule has 29 heavy (non-hydrogen) atoms. The molecule has 3 rings (SSSR count). The molecule has 0 bridgehead atoms. The molecule has 0 saturated carbocycles. The van der Waals surface area contributed by atoms with E-state index >= 15 is 0 Å². The standard InChI is InChI=1S/C27H42N2/c1-2-3-4-5-6-7-8-13-20-27(25-17-11-9-12-18-25)29-23-16-19-26(29)24-28-21-14-10-15-22-28/h9,11-12,17-18,26-27H,2-8,10,14-16,19,21-24H2,1H3/t26-,27+/m0/s1. The number of rotatable bonds is 10. The van der Waals surface area contributed by atoms with Crippen LogP contribution in [-0.2, 0) is 0 Å². The zero-order valence-electron chi connectivity index (χ0n) is 18.7. The number of benzene rings is 1. The van der Waals surface area contributed by atoms with Crippen LogP contribution in [-0.4, -0.2) is 42.0 Å². The molecular formula is C27H42N2. The van der Waals surface area contributed by atoms with E-state index in [0.717, 1.165) is 6.42 Å². The molecule has 0 aromatic heterocycles. The van der Waals surface area contributed by atoms with E-state index < -0.39 is 0 Å². The Labute approximate surface area is 180 Å². The molecular weight excluding hydrogens is 352 g/mol. The van der Waals surface area contributed by atoms with Crippen molar-refractivity contribution < 1.29 is 0 Å². The van der Waals surface area contributed by atoms with Gasteiger partial charge in [0.1, 0.15) is 0 Å². The molecule has 2 nitrogen and oxygen atoms in total. The fraction of sp³-hybridized carbons (Fsp3) is 0.704. The highest BCUT2D eigenvalue weighted by Crippen LogP contribution is 2.30. The second-order valence-corrected chi connectivity index (χ2v) is 9.05. The molecule has 2 aliphatic rings. The molecule has 2 fully saturated rings. The van der Waals surface area contributed by atoms with Crippen molar-refractivity contribution in [1.29, 1.82) is 0 Å². The van der Waals surface area contributed by atoms with Gasteiger partial charge >= 0.3 is 0 Å². The Hall–Kier alpha value is -1.30. The quantitative estimate of drug-likeness (QED) is 0.333. The van der Waals surface area contributed by atoms with Crippen LogP contribution < -0.4 is 0 Å². The Balaban J connectivity index is 1.59. The number of hydrogen-bond donors (Lipinski definition) is 0. The number of nitrogens with zero attached hydrogens (tertiary/aromatic N) is 2. The predicted octanol–water partition coefficient (Wildman–Crippen LogP) is 6.43. The van der Waals surface area contributed by atoms with Crippen molar-refractivity contribution >= 4 is 0 Å². The van der Waals surface area contributed by atoms with Crippen molar-refractivity contribution in [1.82, 2.24) is 9.80 Å². The smallest absolute Gasteiger partial charge is 0.0973 e. The second-order valence-electron chi connectivity index (χ2n) is 9.05. The molecule has 1 aromatic carbocycles. The molecule has 0 aliphatic carbocycles. The van der Waals surface area contributed by atoms with Crippen LogP contribution in [0.3, 0.4) is 0 Å². The first-order chi connectivity index (χ1) is 14.4. The van der Waals surface area contributed by atoms with Crippen LogP contribution in [0.15, 0.2) is 30.3 Å². The molecule has 0 spiro atoms. The van der Waals surface area contributed by atoms with E-state index in [1.54, 1.807) is 0 Å². The van der Waals surface area contributed by atoms with Crippen molar-refractivity contribution in [2.75, 3.05) is 26.2 Å². The van der Waals surface area contributed by atoms with E-state index in [2.05, 4.69) is 58.9 Å². The summed E-state index contributed by atoms with van der Waals surface area (Å²) in [7, 11) is 0. The summed E-state index contributed by atoms with van der Waals surface area (Å²) < 4.78 is 0. The predicted molar refractivity (Wildman–Crippen MR) is 125 cm³/mol. The summed E-state index contributed by atoms with van der Waals surface area (Å²) in [4.78, 5) is 5.43. The fourth-order valence-electron chi connectivity index (χ4n) is 4.99. The van der Waals surface area contributed by atoms with E-state index in [0.29, 0.717) is 6.04 Å². The van der Waals surface area contributed by atoms with Gasteiger partial charge in [-0.2, -0.15) is 0 Å². The Bertz CT molecular complexity index is 608. The van der Waals surface area contributed by atoms with E-state index in [-0.39, 0.29) is 6.04 Å². The summed E-state index contributed by atoms with van der Waals surface area (Å²) >= 11 is 0. The molecule has 2 aliphatic heterocycles. The third-order valence-corrected chi connectivity index (χ3v) is 6.68. The van der Waals surface area contributed by atoms with Gasteiger partial charge in [-0.15, -0.1) is 5.92 Å². The maximum atomic E-state index is 3.70. The van der Waals surface area contributed by atoms with Crippen LogP contribution in [0.1, 0.15) is 95.6 Å². The highest BCUT2D eigenvalue weighted by Gasteiger charge is 2.32. The first-order valence-corrected chi connectivity index (χ1v) is 12.4. The average Bonchev–Trinajstić information content (AvgIpc) is 3.22. The summed E-state index contributed by atoms with van der Waals surface area (Å²) in [5, 5.41) is 0. The molecule has 0 radical (unpaired) electrons. The van der Waals surface area contributed by atoms with Crippen LogP contribution in [0.4, 0.5) is 0 Å². The molecule has 2 atom stereocenters. The number of hydrogen-bond acceptors (Lipinski definition) is 2. The third-order valence-electron chi connectivity index (χ3n) is 6.68. The van der Waals surface area contributed by atoms with Gasteiger partial charge in [-0.3, -0.25) is 4.90 Å². The minimum absolute atomic E-state index is 0.272. The first-order valence-electron chi connectivity index (χ1n) is 12.4. The van der Waals surface area contributed by atoms with Crippen molar-refractivity contribution in [2.24, 2.45) is 0 Å². The lowest BCUT2D eigenvalue weighted by molar-refractivity contribution is 0.138. The van der Waals surface area contributed by atoms with Crippen molar-refractivity contribution in [2.45, 2.75) is 96.1 Å². The van der Waals surface area contributed by atoms with Crippen LogP contribution in [0, 0.1) is 11.8 Å². The number of likely N-dealkylation sites (tertiary alicyclic amines) is 2. The summed E-state index contributed by atoms with van der Waals surface area (Å²) in [6.07, 6.45) is 16.0. The Kier molecular flexibility index (Phi) is 10.1.